The summed E-state index contributed by atoms with van der Waals surface area (Å²) in [7, 11) is -2.78. The number of ether oxygens (including phenoxy) is 1. The van der Waals surface area contributed by atoms with E-state index in [1.165, 1.54) is 37.4 Å². The van der Waals surface area contributed by atoms with Gasteiger partial charge in [-0.3, -0.25) is 19.2 Å². The normalized spacial score (nSPS) is 12.0. The van der Waals surface area contributed by atoms with Crippen LogP contribution in [0, 0.1) is 10.1 Å². The minimum atomic E-state index is -3.98. The lowest BCUT2D eigenvalue weighted by Gasteiger charge is -2.30. The average molecular weight is 435 g/mol. The van der Waals surface area contributed by atoms with Gasteiger partial charge in [0.25, 0.3) is 5.69 Å². The Morgan fingerprint density at radius 1 is 1.20 bits per heavy atom. The second-order valence-corrected chi connectivity index (χ2v) is 8.15. The van der Waals surface area contributed by atoms with Crippen LogP contribution in [0.3, 0.4) is 0 Å². The molecule has 11 heteroatoms. The topological polar surface area (TPSA) is 136 Å². The first-order valence-corrected chi connectivity index (χ1v) is 10.7. The van der Waals surface area contributed by atoms with E-state index in [-0.39, 0.29) is 29.0 Å². The number of nitro benzene ring substituents is 1. The number of nitro groups is 1. The van der Waals surface area contributed by atoms with E-state index in [1.54, 1.807) is 19.1 Å². The molecule has 0 radical (unpaired) electrons. The van der Waals surface area contributed by atoms with Crippen LogP contribution >= 0.6 is 0 Å². The van der Waals surface area contributed by atoms with Gasteiger partial charge in [0.2, 0.25) is 15.9 Å². The number of carbonyl (C=O) groups is 2. The third-order valence-corrected chi connectivity index (χ3v) is 5.39. The van der Waals surface area contributed by atoms with Crippen molar-refractivity contribution in [3.8, 4) is 0 Å². The molecule has 2 aromatic carbocycles. The number of hydrogen-bond donors (Lipinski definition) is 1. The summed E-state index contributed by atoms with van der Waals surface area (Å²) in [6.07, 6.45) is 0.978. The number of esters is 1. The van der Waals surface area contributed by atoms with Gasteiger partial charge in [-0.15, -0.1) is 0 Å². The molecule has 0 bridgehead atoms. The quantitative estimate of drug-likeness (QED) is 0.382. The second kappa shape index (κ2) is 9.35. The predicted octanol–water partition coefficient (Wildman–Crippen LogP) is 2.56. The number of hydrogen-bond acceptors (Lipinski definition) is 7. The lowest BCUT2D eigenvalue weighted by atomic mass is 10.1. The van der Waals surface area contributed by atoms with E-state index in [2.05, 4.69) is 5.32 Å². The van der Waals surface area contributed by atoms with Crippen molar-refractivity contribution in [2.45, 2.75) is 19.4 Å². The van der Waals surface area contributed by atoms with Gasteiger partial charge in [-0.05, 0) is 24.6 Å². The highest BCUT2D eigenvalue weighted by Gasteiger charge is 2.32. The number of amides is 1. The van der Waals surface area contributed by atoms with Crippen molar-refractivity contribution in [1.82, 2.24) is 0 Å². The predicted molar refractivity (Wildman–Crippen MR) is 111 cm³/mol. The van der Waals surface area contributed by atoms with Gasteiger partial charge in [0, 0.05) is 12.1 Å². The number of rotatable bonds is 8. The molecular formula is C19H21N3O7S. The standard InChI is InChI=1S/C19H21N3O7S/c1-4-17(18(23)20-16-11-6-5-10-15(16)19(24)29-2)21(30(3,27)28)13-8-7-9-14(12-13)22(25)26/h5-12,17H,4H2,1-3H3,(H,20,23). The first-order valence-electron chi connectivity index (χ1n) is 8.82. The van der Waals surface area contributed by atoms with Crippen molar-refractivity contribution in [1.29, 1.82) is 0 Å². The zero-order valence-electron chi connectivity index (χ0n) is 16.6. The zero-order chi connectivity index (χ0) is 22.5. The fourth-order valence-corrected chi connectivity index (χ4v) is 4.10. The molecule has 1 unspecified atom stereocenters. The van der Waals surface area contributed by atoms with Crippen molar-refractivity contribution in [3.05, 3.63) is 64.2 Å². The molecule has 0 aliphatic carbocycles. The highest BCUT2D eigenvalue weighted by molar-refractivity contribution is 7.92. The van der Waals surface area contributed by atoms with Gasteiger partial charge in [0.05, 0.1) is 35.2 Å². The maximum atomic E-state index is 13.0. The Kier molecular flexibility index (Phi) is 7.11. The second-order valence-electron chi connectivity index (χ2n) is 6.29. The van der Waals surface area contributed by atoms with Gasteiger partial charge >= 0.3 is 5.97 Å². The third kappa shape index (κ3) is 5.11. The molecule has 0 aliphatic rings. The van der Waals surface area contributed by atoms with Crippen LogP contribution in [0.15, 0.2) is 48.5 Å². The molecule has 30 heavy (non-hydrogen) atoms. The Morgan fingerprint density at radius 2 is 1.87 bits per heavy atom. The number of benzene rings is 2. The van der Waals surface area contributed by atoms with Crippen LogP contribution in [0.5, 0.6) is 0 Å². The van der Waals surface area contributed by atoms with E-state index in [4.69, 9.17) is 4.74 Å². The largest absolute Gasteiger partial charge is 0.465 e. The van der Waals surface area contributed by atoms with Gasteiger partial charge in [-0.2, -0.15) is 0 Å². The Bertz CT molecular complexity index is 1070. The third-order valence-electron chi connectivity index (χ3n) is 4.22. The lowest BCUT2D eigenvalue weighted by molar-refractivity contribution is -0.384. The number of nitrogens with one attached hydrogen (secondary N) is 1. The fourth-order valence-electron chi connectivity index (χ4n) is 2.90. The molecule has 0 aliphatic heterocycles. The number of carbonyl (C=O) groups excluding carboxylic acids is 2. The van der Waals surface area contributed by atoms with Crippen LogP contribution in [0.4, 0.5) is 17.1 Å². The van der Waals surface area contributed by atoms with Gasteiger partial charge in [-0.25, -0.2) is 13.2 Å². The highest BCUT2D eigenvalue weighted by Crippen LogP contribution is 2.27. The van der Waals surface area contributed by atoms with Crippen molar-refractivity contribution in [2.75, 3.05) is 23.0 Å². The Balaban J connectivity index is 2.47. The average Bonchev–Trinajstić information content (AvgIpc) is 2.70. The Morgan fingerprint density at radius 3 is 2.43 bits per heavy atom. The van der Waals surface area contributed by atoms with E-state index in [1.807, 2.05) is 0 Å². The van der Waals surface area contributed by atoms with Gasteiger partial charge < -0.3 is 10.1 Å². The van der Waals surface area contributed by atoms with Crippen molar-refractivity contribution in [3.63, 3.8) is 0 Å². The summed E-state index contributed by atoms with van der Waals surface area (Å²) >= 11 is 0. The number of nitrogens with zero attached hydrogens (tertiary/aromatic N) is 2. The SMILES string of the molecule is CCC(C(=O)Nc1ccccc1C(=O)OC)N(c1cccc([N+](=O)[O-])c1)S(C)(=O)=O. The first kappa shape index (κ1) is 22.8. The Labute approximate surface area is 173 Å². The molecule has 0 spiro atoms. The maximum absolute atomic E-state index is 13.0. The van der Waals surface area contributed by atoms with Crippen LogP contribution in [-0.4, -0.2) is 44.6 Å². The van der Waals surface area contributed by atoms with Crippen molar-refractivity contribution in [2.24, 2.45) is 0 Å². The van der Waals surface area contributed by atoms with Crippen molar-refractivity contribution < 1.29 is 27.7 Å². The number of anilines is 2. The summed E-state index contributed by atoms with van der Waals surface area (Å²) in [6, 6.07) is 9.91. The van der Waals surface area contributed by atoms with E-state index in [9.17, 15) is 28.1 Å². The van der Waals surface area contributed by atoms with E-state index < -0.39 is 32.9 Å². The lowest BCUT2D eigenvalue weighted by Crippen LogP contribution is -2.47. The van der Waals surface area contributed by atoms with E-state index in [0.717, 1.165) is 16.6 Å². The van der Waals surface area contributed by atoms with Crippen molar-refractivity contribution >= 4 is 39.0 Å². The molecule has 2 aromatic rings. The highest BCUT2D eigenvalue weighted by atomic mass is 32.2. The molecule has 0 aromatic heterocycles. The smallest absolute Gasteiger partial charge is 0.339 e. The van der Waals surface area contributed by atoms with E-state index in [0.29, 0.717) is 0 Å². The zero-order valence-corrected chi connectivity index (χ0v) is 17.4. The number of methoxy groups -OCH3 is 1. The summed E-state index contributed by atoms with van der Waals surface area (Å²) in [5, 5.41) is 13.6. The minimum absolute atomic E-state index is 0.0186. The summed E-state index contributed by atoms with van der Waals surface area (Å²) in [5.41, 5.74) is -0.0767. The minimum Gasteiger partial charge on any atom is -0.465 e. The molecule has 0 fully saturated rings. The number of sulfonamides is 1. The Hall–Kier alpha value is -3.47. The fraction of sp³-hybridized carbons (Fsp3) is 0.263. The summed E-state index contributed by atoms with van der Waals surface area (Å²) in [6.45, 7) is 1.60. The molecule has 2 rings (SSSR count). The molecule has 0 heterocycles. The van der Waals surface area contributed by atoms with Gasteiger partial charge in [0.15, 0.2) is 0 Å². The number of non-ortho nitro benzene ring substituents is 1. The molecule has 0 saturated heterocycles. The first-order chi connectivity index (χ1) is 14.1. The summed E-state index contributed by atoms with van der Waals surface area (Å²) in [4.78, 5) is 35.3. The van der Waals surface area contributed by atoms with Gasteiger partial charge in [0.1, 0.15) is 6.04 Å². The van der Waals surface area contributed by atoms with Crippen LogP contribution in [0.1, 0.15) is 23.7 Å². The van der Waals surface area contributed by atoms with Crippen LogP contribution in [-0.2, 0) is 19.6 Å². The molecule has 160 valence electrons. The summed E-state index contributed by atoms with van der Waals surface area (Å²) in [5.74, 6) is -1.37. The van der Waals surface area contributed by atoms with E-state index >= 15 is 0 Å². The van der Waals surface area contributed by atoms with Crippen LogP contribution in [0.25, 0.3) is 0 Å². The molecule has 0 saturated carbocycles. The monoisotopic (exact) mass is 435 g/mol. The van der Waals surface area contributed by atoms with Crippen LogP contribution < -0.4 is 9.62 Å². The maximum Gasteiger partial charge on any atom is 0.339 e. The summed E-state index contributed by atoms with van der Waals surface area (Å²) < 4.78 is 30.5. The molecular weight excluding hydrogens is 414 g/mol. The molecule has 10 nitrogen and oxygen atoms in total. The molecule has 1 N–H and O–H groups in total. The van der Waals surface area contributed by atoms with Crippen LogP contribution in [0.2, 0.25) is 0 Å². The number of para-hydroxylation sites is 1. The molecule has 1 amide bonds. The molecule has 1 atom stereocenters. The van der Waals surface area contributed by atoms with Gasteiger partial charge in [-0.1, -0.05) is 25.1 Å².